The molecule has 1 aromatic carbocycles. The molecule has 0 aliphatic carbocycles. The number of benzene rings is 1. The lowest BCUT2D eigenvalue weighted by atomic mass is 10.2. The van der Waals surface area contributed by atoms with Gasteiger partial charge in [0.15, 0.2) is 0 Å². The molecule has 0 fully saturated rings. The summed E-state index contributed by atoms with van der Waals surface area (Å²) in [6.07, 6.45) is 2.86. The molecule has 20 heavy (non-hydrogen) atoms. The molecule has 2 aromatic rings. The first-order valence-electron chi connectivity index (χ1n) is 5.65. The van der Waals surface area contributed by atoms with E-state index in [4.69, 9.17) is 16.9 Å². The molecular weight excluding hydrogens is 278 g/mol. The van der Waals surface area contributed by atoms with Gasteiger partial charge in [-0.2, -0.15) is 5.26 Å². The highest BCUT2D eigenvalue weighted by Gasteiger charge is 2.11. The van der Waals surface area contributed by atoms with Gasteiger partial charge >= 0.3 is 0 Å². The van der Waals surface area contributed by atoms with Crippen LogP contribution in [-0.2, 0) is 0 Å². The Morgan fingerprint density at radius 1 is 1.40 bits per heavy atom. The molecule has 100 valence electrons. The highest BCUT2D eigenvalue weighted by atomic mass is 35.5. The van der Waals surface area contributed by atoms with Crippen LogP contribution in [-0.4, -0.2) is 22.9 Å². The summed E-state index contributed by atoms with van der Waals surface area (Å²) >= 11 is 5.98. The minimum atomic E-state index is -0.429. The first kappa shape index (κ1) is 13.8. The third kappa shape index (κ3) is 3.02. The van der Waals surface area contributed by atoms with Crippen LogP contribution in [0.3, 0.4) is 0 Å². The summed E-state index contributed by atoms with van der Waals surface area (Å²) in [7, 11) is 1.68. The number of hydrogen-bond acceptors (Lipinski definition) is 5. The predicted octanol–water partition coefficient (Wildman–Crippen LogP) is 2.30. The predicted molar refractivity (Wildman–Crippen MR) is 75.7 cm³/mol. The smallest absolute Gasteiger partial charge is 0.275 e. The normalized spacial score (nSPS) is 9.65. The topological polar surface area (TPSA) is 90.7 Å². The average Bonchev–Trinajstić information content (AvgIpc) is 2.49. The number of carbonyl (C=O) groups is 1. The molecule has 0 saturated carbocycles. The zero-order valence-corrected chi connectivity index (χ0v) is 11.3. The first-order valence-corrected chi connectivity index (χ1v) is 6.02. The summed E-state index contributed by atoms with van der Waals surface area (Å²) in [4.78, 5) is 20.0. The number of nitrogens with zero attached hydrogens (tertiary/aromatic N) is 3. The summed E-state index contributed by atoms with van der Waals surface area (Å²) in [5.41, 5.74) is 0.995. The number of hydrogen-bond donors (Lipinski definition) is 2. The van der Waals surface area contributed by atoms with Crippen LogP contribution >= 0.6 is 11.6 Å². The van der Waals surface area contributed by atoms with Crippen LogP contribution in [0.4, 0.5) is 11.5 Å². The lowest BCUT2D eigenvalue weighted by molar-refractivity contribution is 0.102. The Balaban J connectivity index is 2.21. The third-order valence-corrected chi connectivity index (χ3v) is 2.78. The fraction of sp³-hybridized carbons (Fsp3) is 0.0769. The molecule has 0 bridgehead atoms. The zero-order valence-electron chi connectivity index (χ0n) is 10.5. The zero-order chi connectivity index (χ0) is 14.5. The van der Waals surface area contributed by atoms with Gasteiger partial charge in [0, 0.05) is 7.05 Å². The van der Waals surface area contributed by atoms with Gasteiger partial charge in [0.2, 0.25) is 0 Å². The van der Waals surface area contributed by atoms with Crippen LogP contribution in [0, 0.1) is 11.3 Å². The van der Waals surface area contributed by atoms with E-state index in [0.29, 0.717) is 17.1 Å². The molecule has 1 aromatic heterocycles. The second-order valence-electron chi connectivity index (χ2n) is 3.80. The van der Waals surface area contributed by atoms with Gasteiger partial charge in [-0.25, -0.2) is 4.98 Å². The molecule has 0 atom stereocenters. The fourth-order valence-corrected chi connectivity index (χ4v) is 1.70. The monoisotopic (exact) mass is 287 g/mol. The molecule has 2 rings (SSSR count). The Morgan fingerprint density at radius 3 is 2.85 bits per heavy atom. The van der Waals surface area contributed by atoms with Gasteiger partial charge in [0.25, 0.3) is 5.91 Å². The van der Waals surface area contributed by atoms with Gasteiger partial charge in [0.1, 0.15) is 11.5 Å². The van der Waals surface area contributed by atoms with Gasteiger partial charge in [-0.05, 0) is 18.2 Å². The third-order valence-electron chi connectivity index (χ3n) is 2.47. The molecule has 0 unspecified atom stereocenters. The number of rotatable bonds is 3. The summed E-state index contributed by atoms with van der Waals surface area (Å²) in [5.74, 6) is 0.0600. The van der Waals surface area contributed by atoms with Crippen molar-refractivity contribution in [2.24, 2.45) is 0 Å². The van der Waals surface area contributed by atoms with E-state index in [0.717, 1.165) is 0 Å². The maximum absolute atomic E-state index is 12.0. The Hall–Kier alpha value is -2.65. The Labute approximate surface area is 120 Å². The number of anilines is 2. The number of carbonyl (C=O) groups excluding carboxylic acids is 1. The lowest BCUT2D eigenvalue weighted by Gasteiger charge is -2.07. The lowest BCUT2D eigenvalue weighted by Crippen LogP contribution is -2.15. The molecular formula is C13H10ClN5O. The maximum Gasteiger partial charge on any atom is 0.275 e. The van der Waals surface area contributed by atoms with Crippen molar-refractivity contribution in [3.8, 4) is 6.07 Å². The molecule has 0 aliphatic heterocycles. The van der Waals surface area contributed by atoms with Crippen LogP contribution in [0.25, 0.3) is 0 Å². The Bertz CT molecular complexity index is 695. The second-order valence-corrected chi connectivity index (χ2v) is 4.21. The van der Waals surface area contributed by atoms with Crippen molar-refractivity contribution in [3.05, 3.63) is 46.9 Å². The molecule has 1 amide bonds. The van der Waals surface area contributed by atoms with Gasteiger partial charge in [-0.15, -0.1) is 0 Å². The van der Waals surface area contributed by atoms with Crippen molar-refractivity contribution in [1.29, 1.82) is 5.26 Å². The fourth-order valence-electron chi connectivity index (χ4n) is 1.47. The molecule has 0 aliphatic rings. The number of aromatic nitrogens is 2. The summed E-state index contributed by atoms with van der Waals surface area (Å²) in [6, 6.07) is 6.58. The van der Waals surface area contributed by atoms with Gasteiger partial charge in [-0.3, -0.25) is 9.78 Å². The van der Waals surface area contributed by atoms with E-state index in [9.17, 15) is 4.79 Å². The van der Waals surface area contributed by atoms with Crippen LogP contribution in [0.15, 0.2) is 30.6 Å². The van der Waals surface area contributed by atoms with E-state index in [1.807, 2.05) is 6.07 Å². The molecule has 0 radical (unpaired) electrons. The maximum atomic E-state index is 12.0. The van der Waals surface area contributed by atoms with Crippen LogP contribution in [0.2, 0.25) is 5.02 Å². The van der Waals surface area contributed by atoms with Gasteiger partial charge < -0.3 is 10.6 Å². The Morgan fingerprint density at radius 2 is 2.20 bits per heavy atom. The van der Waals surface area contributed by atoms with Crippen molar-refractivity contribution in [3.63, 3.8) is 0 Å². The minimum Gasteiger partial charge on any atom is -0.372 e. The molecule has 1 heterocycles. The molecule has 2 N–H and O–H groups in total. The molecule has 0 spiro atoms. The summed E-state index contributed by atoms with van der Waals surface area (Å²) < 4.78 is 0. The molecule has 7 heteroatoms. The SMILES string of the molecule is CNc1cncc(C(=O)Nc2ccc(C#N)cc2Cl)n1. The first-order chi connectivity index (χ1) is 9.63. The molecule has 0 saturated heterocycles. The molecule has 6 nitrogen and oxygen atoms in total. The minimum absolute atomic E-state index is 0.164. The van der Waals surface area contributed by atoms with E-state index in [1.54, 1.807) is 19.2 Å². The Kier molecular flexibility index (Phi) is 4.13. The van der Waals surface area contributed by atoms with Crippen molar-refractivity contribution in [2.75, 3.05) is 17.7 Å². The van der Waals surface area contributed by atoms with E-state index < -0.39 is 5.91 Å². The quantitative estimate of drug-likeness (QED) is 0.904. The van der Waals surface area contributed by atoms with Crippen LogP contribution < -0.4 is 10.6 Å². The number of nitriles is 1. The summed E-state index contributed by atoms with van der Waals surface area (Å²) in [6.45, 7) is 0. The van der Waals surface area contributed by atoms with E-state index in [-0.39, 0.29) is 10.7 Å². The van der Waals surface area contributed by atoms with Crippen molar-refractivity contribution >= 4 is 29.0 Å². The van der Waals surface area contributed by atoms with Gasteiger partial charge in [0.05, 0.1) is 34.7 Å². The van der Waals surface area contributed by atoms with E-state index in [1.165, 1.54) is 18.5 Å². The number of halogens is 1. The van der Waals surface area contributed by atoms with E-state index >= 15 is 0 Å². The van der Waals surface area contributed by atoms with Crippen molar-refractivity contribution in [1.82, 2.24) is 9.97 Å². The average molecular weight is 288 g/mol. The number of amides is 1. The standard InChI is InChI=1S/C13H10ClN5O/c1-16-12-7-17-6-11(18-12)13(20)19-10-3-2-8(5-15)4-9(10)14/h2-4,6-7H,1H3,(H,16,18)(H,19,20). The number of nitrogens with one attached hydrogen (secondary N) is 2. The van der Waals surface area contributed by atoms with Crippen molar-refractivity contribution < 1.29 is 4.79 Å². The summed E-state index contributed by atoms with van der Waals surface area (Å²) in [5, 5.41) is 14.5. The van der Waals surface area contributed by atoms with Crippen molar-refractivity contribution in [2.45, 2.75) is 0 Å². The van der Waals surface area contributed by atoms with Gasteiger partial charge in [-0.1, -0.05) is 11.6 Å². The van der Waals surface area contributed by atoms with Crippen LogP contribution in [0.1, 0.15) is 16.1 Å². The second kappa shape index (κ2) is 5.99. The highest BCUT2D eigenvalue weighted by Crippen LogP contribution is 2.23. The van der Waals surface area contributed by atoms with Crippen LogP contribution in [0.5, 0.6) is 0 Å². The largest absolute Gasteiger partial charge is 0.372 e. The highest BCUT2D eigenvalue weighted by molar-refractivity contribution is 6.34. The van der Waals surface area contributed by atoms with E-state index in [2.05, 4.69) is 20.6 Å².